The lowest BCUT2D eigenvalue weighted by Gasteiger charge is -2.40. The van der Waals surface area contributed by atoms with Crippen LogP contribution in [0.5, 0.6) is 0 Å². The number of carbonyl (C=O) groups is 3. The Kier molecular flexibility index (Phi) is 8.95. The van der Waals surface area contributed by atoms with Gasteiger partial charge >= 0.3 is 12.1 Å². The molecule has 9 heteroatoms. The third kappa shape index (κ3) is 7.36. The van der Waals surface area contributed by atoms with Crippen LogP contribution in [0.4, 0.5) is 10.5 Å². The van der Waals surface area contributed by atoms with Crippen molar-refractivity contribution in [1.29, 1.82) is 0 Å². The fourth-order valence-electron chi connectivity index (χ4n) is 5.51. The van der Waals surface area contributed by atoms with E-state index in [9.17, 15) is 19.5 Å². The minimum Gasteiger partial charge on any atom is -0.477 e. The summed E-state index contributed by atoms with van der Waals surface area (Å²) in [5.74, 6) is 5.72. The van der Waals surface area contributed by atoms with Gasteiger partial charge in [-0.3, -0.25) is 4.79 Å². The number of carboxylic acid groups (broad SMARTS) is 1. The molecule has 212 valence electrons. The van der Waals surface area contributed by atoms with Crippen LogP contribution in [-0.4, -0.2) is 59.8 Å². The zero-order valence-electron chi connectivity index (χ0n) is 23.5. The number of amides is 2. The number of aromatic carboxylic acids is 1. The van der Waals surface area contributed by atoms with Crippen molar-refractivity contribution in [2.75, 3.05) is 24.5 Å². The third-order valence-electron chi connectivity index (χ3n) is 7.74. The summed E-state index contributed by atoms with van der Waals surface area (Å²) in [6, 6.07) is 1.57. The molecule has 8 nitrogen and oxygen atoms in total. The van der Waals surface area contributed by atoms with Gasteiger partial charge in [-0.15, -0.1) is 11.3 Å². The summed E-state index contributed by atoms with van der Waals surface area (Å²) in [7, 11) is 0. The van der Waals surface area contributed by atoms with Crippen LogP contribution in [0.1, 0.15) is 87.2 Å². The lowest BCUT2D eigenvalue weighted by molar-refractivity contribution is -0.124. The van der Waals surface area contributed by atoms with E-state index in [2.05, 4.69) is 30.7 Å². The Morgan fingerprint density at radius 2 is 1.82 bits per heavy atom. The van der Waals surface area contributed by atoms with Gasteiger partial charge in [0.15, 0.2) is 0 Å². The van der Waals surface area contributed by atoms with E-state index in [1.165, 1.54) is 0 Å². The molecule has 3 heterocycles. The van der Waals surface area contributed by atoms with E-state index in [4.69, 9.17) is 4.74 Å². The van der Waals surface area contributed by atoms with Gasteiger partial charge in [-0.05, 0) is 71.3 Å². The van der Waals surface area contributed by atoms with Crippen LogP contribution in [0.2, 0.25) is 0 Å². The number of nitrogens with one attached hydrogen (secondary N) is 1. The maximum atomic E-state index is 14.1. The molecule has 0 bridgehead atoms. The first-order chi connectivity index (χ1) is 18.4. The van der Waals surface area contributed by atoms with E-state index in [1.54, 1.807) is 15.9 Å². The van der Waals surface area contributed by atoms with Gasteiger partial charge in [0.2, 0.25) is 5.91 Å². The lowest BCUT2D eigenvalue weighted by Crippen LogP contribution is -2.51. The van der Waals surface area contributed by atoms with E-state index in [-0.39, 0.29) is 40.4 Å². The first-order valence-electron chi connectivity index (χ1n) is 14.0. The van der Waals surface area contributed by atoms with Gasteiger partial charge in [0.05, 0.1) is 17.1 Å². The monoisotopic (exact) mass is 555 g/mol. The zero-order chi connectivity index (χ0) is 28.3. The highest BCUT2D eigenvalue weighted by Crippen LogP contribution is 2.38. The molecule has 0 unspecified atom stereocenters. The van der Waals surface area contributed by atoms with Crippen LogP contribution in [-0.2, 0) is 9.53 Å². The first-order valence-corrected chi connectivity index (χ1v) is 14.8. The Labute approximate surface area is 235 Å². The second-order valence-electron chi connectivity index (χ2n) is 12.2. The molecule has 4 rings (SSSR count). The van der Waals surface area contributed by atoms with Gasteiger partial charge in [0, 0.05) is 42.6 Å². The van der Waals surface area contributed by atoms with Crippen LogP contribution in [0.25, 0.3) is 0 Å². The maximum Gasteiger partial charge on any atom is 0.410 e. The molecule has 1 aromatic rings. The van der Waals surface area contributed by atoms with Crippen molar-refractivity contribution in [2.45, 2.75) is 84.8 Å². The average molecular weight is 556 g/mol. The summed E-state index contributed by atoms with van der Waals surface area (Å²) in [4.78, 5) is 43.4. The Balaban J connectivity index is 1.57. The fraction of sp³-hybridized carbons (Fsp3) is 0.633. The number of piperidine rings is 1. The Morgan fingerprint density at radius 3 is 2.38 bits per heavy atom. The Hall–Kier alpha value is -2.99. The number of likely N-dealkylation sites (tertiary alicyclic amines) is 1. The van der Waals surface area contributed by atoms with Gasteiger partial charge in [0.25, 0.3) is 0 Å². The summed E-state index contributed by atoms with van der Waals surface area (Å²) in [5.41, 5.74) is 1.07. The summed E-state index contributed by atoms with van der Waals surface area (Å²) in [6.07, 6.45) is 4.76. The number of hydrogen-bond acceptors (Lipinski definition) is 6. The van der Waals surface area contributed by atoms with E-state index >= 15 is 0 Å². The molecule has 39 heavy (non-hydrogen) atoms. The molecule has 2 aliphatic heterocycles. The SMILES string of the molecule is C=C1C[C@@H](OC(=O)N2CCC(N(c3cc(C#CC(C)(C)C)sc3C(=O)O)C(=O)[C@H]3CC[C@H](C)CC3)CC2)CN1. The second-order valence-corrected chi connectivity index (χ2v) is 13.3. The van der Waals surface area contributed by atoms with E-state index in [0.29, 0.717) is 55.4 Å². The lowest BCUT2D eigenvalue weighted by atomic mass is 9.82. The molecule has 2 saturated heterocycles. The van der Waals surface area contributed by atoms with Crippen molar-refractivity contribution in [2.24, 2.45) is 17.3 Å². The van der Waals surface area contributed by atoms with Crippen LogP contribution in [0, 0.1) is 29.1 Å². The molecule has 3 aliphatic rings. The van der Waals surface area contributed by atoms with Gasteiger partial charge in [-0.25, -0.2) is 9.59 Å². The van der Waals surface area contributed by atoms with E-state index in [1.807, 2.05) is 20.8 Å². The Bertz CT molecular complexity index is 1160. The smallest absolute Gasteiger partial charge is 0.410 e. The maximum absolute atomic E-state index is 14.1. The van der Waals surface area contributed by atoms with Crippen LogP contribution < -0.4 is 10.2 Å². The largest absolute Gasteiger partial charge is 0.477 e. The number of rotatable bonds is 5. The molecule has 2 N–H and O–H groups in total. The number of carbonyl (C=O) groups excluding carboxylic acids is 2. The third-order valence-corrected chi connectivity index (χ3v) is 8.77. The van der Waals surface area contributed by atoms with Crippen LogP contribution >= 0.6 is 11.3 Å². The average Bonchev–Trinajstić information content (AvgIpc) is 3.49. The van der Waals surface area contributed by atoms with Gasteiger partial charge in [-0.1, -0.05) is 25.3 Å². The topological polar surface area (TPSA) is 99.2 Å². The minimum absolute atomic E-state index is 0.00546. The number of anilines is 1. The number of nitrogens with zero attached hydrogens (tertiary/aromatic N) is 2. The fourth-order valence-corrected chi connectivity index (χ4v) is 6.35. The highest BCUT2D eigenvalue weighted by molar-refractivity contribution is 7.15. The van der Waals surface area contributed by atoms with Crippen molar-refractivity contribution in [3.63, 3.8) is 0 Å². The molecule has 0 spiro atoms. The predicted octanol–water partition coefficient (Wildman–Crippen LogP) is 5.48. The number of hydrogen-bond donors (Lipinski definition) is 2. The molecule has 1 atom stereocenters. The first kappa shape index (κ1) is 29.0. The van der Waals surface area contributed by atoms with Gasteiger partial charge in [-0.2, -0.15) is 0 Å². The molecule has 1 aromatic heterocycles. The number of thiophene rings is 1. The number of carboxylic acids is 1. The molecule has 2 amide bonds. The summed E-state index contributed by atoms with van der Waals surface area (Å²) >= 11 is 1.12. The van der Waals surface area contributed by atoms with Crippen LogP contribution in [0.15, 0.2) is 18.3 Å². The van der Waals surface area contributed by atoms with Gasteiger partial charge in [0.1, 0.15) is 11.0 Å². The predicted molar refractivity (Wildman–Crippen MR) is 153 cm³/mol. The molecule has 3 fully saturated rings. The molecule has 1 aliphatic carbocycles. The van der Waals surface area contributed by atoms with E-state index in [0.717, 1.165) is 42.7 Å². The molecular weight excluding hydrogens is 514 g/mol. The van der Waals surface area contributed by atoms with Crippen molar-refractivity contribution in [3.05, 3.63) is 28.1 Å². The van der Waals surface area contributed by atoms with Crippen molar-refractivity contribution >= 4 is 35.0 Å². The van der Waals surface area contributed by atoms with E-state index < -0.39 is 5.97 Å². The Morgan fingerprint density at radius 1 is 1.15 bits per heavy atom. The molecule has 0 aromatic carbocycles. The highest BCUT2D eigenvalue weighted by Gasteiger charge is 2.38. The summed E-state index contributed by atoms with van der Waals surface area (Å²) in [5, 5.41) is 13.2. The summed E-state index contributed by atoms with van der Waals surface area (Å²) < 4.78 is 5.65. The molecular formula is C30H41N3O5S. The summed E-state index contributed by atoms with van der Waals surface area (Å²) in [6.45, 7) is 13.6. The quantitative estimate of drug-likeness (QED) is 0.467. The van der Waals surface area contributed by atoms with Gasteiger partial charge < -0.3 is 25.0 Å². The molecule has 0 radical (unpaired) electrons. The van der Waals surface area contributed by atoms with Crippen LogP contribution in [0.3, 0.4) is 0 Å². The van der Waals surface area contributed by atoms with Crippen molar-refractivity contribution in [1.82, 2.24) is 10.2 Å². The second kappa shape index (κ2) is 12.0. The minimum atomic E-state index is -1.05. The number of ether oxygens (including phenoxy) is 1. The highest BCUT2D eigenvalue weighted by atomic mass is 32.1. The zero-order valence-corrected chi connectivity index (χ0v) is 24.4. The van der Waals surface area contributed by atoms with Crippen molar-refractivity contribution < 1.29 is 24.2 Å². The van der Waals surface area contributed by atoms with Crippen molar-refractivity contribution in [3.8, 4) is 11.8 Å². The molecule has 1 saturated carbocycles. The standard InChI is InChI=1S/C30H41N3O5S/c1-19-6-8-21(9-7-19)27(34)33(25-17-24(10-13-30(3,4)5)39-26(25)28(35)36)22-11-14-32(15-12-22)29(37)38-23-16-20(2)31-18-23/h17,19,21-23,31H,2,6-9,11-12,14-16,18H2,1,3-5H3,(H,35,36)/t19-,21-,23-/m1/s1. The normalized spacial score (nSPS) is 23.9.